The zero-order valence-electron chi connectivity index (χ0n) is 8.99. The maximum Gasteiger partial charge on any atom is 0.270 e. The van der Waals surface area contributed by atoms with Crippen molar-refractivity contribution in [3.8, 4) is 11.4 Å². The summed E-state index contributed by atoms with van der Waals surface area (Å²) < 4.78 is 0. The Morgan fingerprint density at radius 1 is 1.29 bits per heavy atom. The van der Waals surface area contributed by atoms with Crippen LogP contribution in [-0.2, 0) is 0 Å². The summed E-state index contributed by atoms with van der Waals surface area (Å²) in [7, 11) is 0. The molecule has 0 saturated heterocycles. The average Bonchev–Trinajstić information content (AvgIpc) is 2.28. The van der Waals surface area contributed by atoms with Gasteiger partial charge in [-0.2, -0.15) is 9.97 Å². The summed E-state index contributed by atoms with van der Waals surface area (Å²) in [6.45, 7) is 1.68. The van der Waals surface area contributed by atoms with Gasteiger partial charge in [-0.05, 0) is 6.92 Å². The van der Waals surface area contributed by atoms with Crippen molar-refractivity contribution in [3.05, 3.63) is 40.2 Å². The van der Waals surface area contributed by atoms with Gasteiger partial charge in [0.1, 0.15) is 5.82 Å². The molecule has 0 spiro atoms. The van der Waals surface area contributed by atoms with Crippen LogP contribution in [0.4, 0.5) is 11.6 Å². The normalized spacial score (nSPS) is 10.2. The van der Waals surface area contributed by atoms with Crippen molar-refractivity contribution in [1.29, 1.82) is 0 Å². The SMILES string of the molecule is Cc1nc(N)nc(-c2cccc([N+](=O)[O-])c2)n1. The molecular weight excluding hydrogens is 222 g/mol. The minimum atomic E-state index is -0.471. The van der Waals surface area contributed by atoms with Crippen LogP contribution in [0.25, 0.3) is 11.4 Å². The Labute approximate surface area is 96.5 Å². The Bertz CT molecular complexity index is 564. The lowest BCUT2D eigenvalue weighted by molar-refractivity contribution is -0.384. The number of hydrogen-bond acceptors (Lipinski definition) is 6. The molecule has 2 N–H and O–H groups in total. The molecular formula is C10H9N5O2. The highest BCUT2D eigenvalue weighted by atomic mass is 16.6. The highest BCUT2D eigenvalue weighted by Gasteiger charge is 2.10. The van der Waals surface area contributed by atoms with Crippen molar-refractivity contribution in [2.45, 2.75) is 6.92 Å². The third-order valence-electron chi connectivity index (χ3n) is 2.08. The number of nitrogen functional groups attached to an aromatic ring is 1. The van der Waals surface area contributed by atoms with E-state index in [0.717, 1.165) is 0 Å². The summed E-state index contributed by atoms with van der Waals surface area (Å²) in [6, 6.07) is 6.05. The standard InChI is InChI=1S/C10H9N5O2/c1-6-12-9(14-10(11)13-6)7-3-2-4-8(5-7)15(16)17/h2-5H,1H3,(H2,11,12,13,14). The Kier molecular flexibility index (Phi) is 2.65. The van der Waals surface area contributed by atoms with Crippen LogP contribution in [0.2, 0.25) is 0 Å². The van der Waals surface area contributed by atoms with E-state index in [4.69, 9.17) is 5.73 Å². The first-order valence-corrected chi connectivity index (χ1v) is 4.79. The number of nitro benzene ring substituents is 1. The molecule has 0 aliphatic heterocycles. The molecule has 0 aliphatic carbocycles. The van der Waals surface area contributed by atoms with Gasteiger partial charge in [-0.3, -0.25) is 10.1 Å². The number of aromatic nitrogens is 3. The molecule has 0 saturated carbocycles. The van der Waals surface area contributed by atoms with Gasteiger partial charge in [-0.15, -0.1) is 0 Å². The predicted molar refractivity (Wildman–Crippen MR) is 61.1 cm³/mol. The maximum absolute atomic E-state index is 10.6. The molecule has 0 amide bonds. The monoisotopic (exact) mass is 231 g/mol. The molecule has 1 aromatic carbocycles. The second kappa shape index (κ2) is 4.12. The van der Waals surface area contributed by atoms with Gasteiger partial charge in [0.2, 0.25) is 5.95 Å². The van der Waals surface area contributed by atoms with E-state index in [2.05, 4.69) is 15.0 Å². The highest BCUT2D eigenvalue weighted by molar-refractivity contribution is 5.59. The van der Waals surface area contributed by atoms with Gasteiger partial charge >= 0.3 is 0 Å². The lowest BCUT2D eigenvalue weighted by Gasteiger charge is -2.02. The van der Waals surface area contributed by atoms with Crippen molar-refractivity contribution < 1.29 is 4.92 Å². The molecule has 0 atom stereocenters. The predicted octanol–water partition coefficient (Wildman–Crippen LogP) is 1.34. The Balaban J connectivity index is 2.52. The second-order valence-electron chi connectivity index (χ2n) is 3.37. The van der Waals surface area contributed by atoms with E-state index >= 15 is 0 Å². The molecule has 7 nitrogen and oxygen atoms in total. The van der Waals surface area contributed by atoms with E-state index in [0.29, 0.717) is 17.2 Å². The average molecular weight is 231 g/mol. The van der Waals surface area contributed by atoms with Gasteiger partial charge in [0, 0.05) is 17.7 Å². The number of nitro groups is 1. The molecule has 0 bridgehead atoms. The molecule has 0 unspecified atom stereocenters. The van der Waals surface area contributed by atoms with E-state index in [-0.39, 0.29) is 11.6 Å². The minimum absolute atomic E-state index is 0.0147. The zero-order chi connectivity index (χ0) is 12.4. The van der Waals surface area contributed by atoms with E-state index in [9.17, 15) is 10.1 Å². The molecule has 1 heterocycles. The molecule has 7 heteroatoms. The fourth-order valence-corrected chi connectivity index (χ4v) is 1.39. The number of benzene rings is 1. The van der Waals surface area contributed by atoms with Crippen molar-refractivity contribution in [2.75, 3.05) is 5.73 Å². The number of non-ortho nitro benzene ring substituents is 1. The smallest absolute Gasteiger partial charge is 0.270 e. The summed E-state index contributed by atoms with van der Waals surface area (Å²) in [5, 5.41) is 10.6. The molecule has 2 rings (SSSR count). The fourth-order valence-electron chi connectivity index (χ4n) is 1.39. The largest absolute Gasteiger partial charge is 0.368 e. The summed E-state index contributed by atoms with van der Waals surface area (Å²) in [5.74, 6) is 0.900. The van der Waals surface area contributed by atoms with Crippen LogP contribution < -0.4 is 5.73 Å². The fraction of sp³-hybridized carbons (Fsp3) is 0.100. The Hall–Kier alpha value is -2.57. The third kappa shape index (κ3) is 2.33. The van der Waals surface area contributed by atoms with Gasteiger partial charge in [-0.1, -0.05) is 12.1 Å². The number of anilines is 1. The molecule has 0 aliphatic rings. The summed E-state index contributed by atoms with van der Waals surface area (Å²) >= 11 is 0. The number of nitrogens with two attached hydrogens (primary N) is 1. The third-order valence-corrected chi connectivity index (χ3v) is 2.08. The van der Waals surface area contributed by atoms with Crippen molar-refractivity contribution in [1.82, 2.24) is 15.0 Å². The number of nitrogens with zero attached hydrogens (tertiary/aromatic N) is 4. The molecule has 0 fully saturated rings. The first-order chi connectivity index (χ1) is 8.06. The molecule has 1 aromatic heterocycles. The number of aryl methyl sites for hydroxylation is 1. The summed E-state index contributed by atoms with van der Waals surface area (Å²) in [5.41, 5.74) is 6.02. The number of hydrogen-bond donors (Lipinski definition) is 1. The van der Waals surface area contributed by atoms with Crippen LogP contribution in [0.1, 0.15) is 5.82 Å². The minimum Gasteiger partial charge on any atom is -0.368 e. The molecule has 0 radical (unpaired) electrons. The van der Waals surface area contributed by atoms with Gasteiger partial charge < -0.3 is 5.73 Å². The van der Waals surface area contributed by atoms with Gasteiger partial charge in [0.05, 0.1) is 4.92 Å². The highest BCUT2D eigenvalue weighted by Crippen LogP contribution is 2.20. The van der Waals surface area contributed by atoms with Crippen molar-refractivity contribution in [2.24, 2.45) is 0 Å². The van der Waals surface area contributed by atoms with Crippen LogP contribution in [-0.4, -0.2) is 19.9 Å². The summed E-state index contributed by atoms with van der Waals surface area (Å²) in [6.07, 6.45) is 0. The summed E-state index contributed by atoms with van der Waals surface area (Å²) in [4.78, 5) is 22.0. The number of rotatable bonds is 2. The van der Waals surface area contributed by atoms with Gasteiger partial charge in [0.25, 0.3) is 5.69 Å². The van der Waals surface area contributed by atoms with Crippen LogP contribution in [0.3, 0.4) is 0 Å². The van der Waals surface area contributed by atoms with Gasteiger partial charge in [0.15, 0.2) is 5.82 Å². The van der Waals surface area contributed by atoms with Gasteiger partial charge in [-0.25, -0.2) is 4.98 Å². The first-order valence-electron chi connectivity index (χ1n) is 4.79. The zero-order valence-corrected chi connectivity index (χ0v) is 8.99. The lowest BCUT2D eigenvalue weighted by Crippen LogP contribution is -2.02. The van der Waals surface area contributed by atoms with Crippen LogP contribution in [0, 0.1) is 17.0 Å². The van der Waals surface area contributed by atoms with E-state index in [1.165, 1.54) is 12.1 Å². The van der Waals surface area contributed by atoms with Crippen LogP contribution >= 0.6 is 0 Å². The maximum atomic E-state index is 10.6. The Morgan fingerprint density at radius 3 is 2.71 bits per heavy atom. The quantitative estimate of drug-likeness (QED) is 0.617. The first kappa shape index (κ1) is 10.9. The van der Waals surface area contributed by atoms with Crippen molar-refractivity contribution >= 4 is 11.6 Å². The second-order valence-corrected chi connectivity index (χ2v) is 3.37. The van der Waals surface area contributed by atoms with E-state index in [1.807, 2.05) is 0 Å². The lowest BCUT2D eigenvalue weighted by atomic mass is 10.2. The van der Waals surface area contributed by atoms with Crippen LogP contribution in [0.5, 0.6) is 0 Å². The van der Waals surface area contributed by atoms with E-state index in [1.54, 1.807) is 19.1 Å². The molecule has 2 aromatic rings. The topological polar surface area (TPSA) is 108 Å². The van der Waals surface area contributed by atoms with Crippen LogP contribution in [0.15, 0.2) is 24.3 Å². The Morgan fingerprint density at radius 2 is 2.06 bits per heavy atom. The molecule has 17 heavy (non-hydrogen) atoms. The van der Waals surface area contributed by atoms with E-state index < -0.39 is 4.92 Å². The van der Waals surface area contributed by atoms with Crippen molar-refractivity contribution in [3.63, 3.8) is 0 Å². The molecule has 86 valence electrons.